The minimum Gasteiger partial charge on any atom is -0.467 e. The van der Waals surface area contributed by atoms with Crippen molar-refractivity contribution in [1.82, 2.24) is 10.6 Å². The summed E-state index contributed by atoms with van der Waals surface area (Å²) in [5, 5.41) is 5.41. The normalized spacial score (nSPS) is 13.2. The van der Waals surface area contributed by atoms with Crippen molar-refractivity contribution in [3.63, 3.8) is 0 Å². The summed E-state index contributed by atoms with van der Waals surface area (Å²) < 4.78 is 10.1. The molecule has 1 aromatic rings. The highest BCUT2D eigenvalue weighted by atomic mass is 28.3. The van der Waals surface area contributed by atoms with Crippen LogP contribution < -0.4 is 10.6 Å². The monoisotopic (exact) mass is 488 g/mol. The molecule has 0 spiro atoms. The largest absolute Gasteiger partial charge is 0.467 e. The maximum absolute atomic E-state index is 13.0. The van der Waals surface area contributed by atoms with Crippen LogP contribution in [0.2, 0.25) is 18.1 Å². The molecular weight excluding hydrogens is 448 g/mol. The van der Waals surface area contributed by atoms with Crippen molar-refractivity contribution in [2.24, 2.45) is 5.92 Å². The SMILES string of the molecule is COC(=O)[C@@H](CC#C[Si](C)(C)C(C)(C)C)NC(=O)[C@H](CC(C)C)NC(=O)OCc1ccccc1. The number of rotatable bonds is 9. The van der Waals surface area contributed by atoms with Gasteiger partial charge in [-0.15, -0.1) is 11.5 Å². The first-order valence-corrected chi connectivity index (χ1v) is 14.6. The first-order valence-electron chi connectivity index (χ1n) is 11.6. The van der Waals surface area contributed by atoms with Crippen LogP contribution >= 0.6 is 0 Å². The number of nitrogens with one attached hydrogen (secondary N) is 2. The molecule has 0 fully saturated rings. The molecule has 8 heteroatoms. The van der Waals surface area contributed by atoms with Gasteiger partial charge < -0.3 is 20.1 Å². The van der Waals surface area contributed by atoms with Crippen LogP contribution in [0.15, 0.2) is 30.3 Å². The quantitative estimate of drug-likeness (QED) is 0.305. The molecular formula is C26H40N2O5Si. The van der Waals surface area contributed by atoms with Crippen molar-refractivity contribution in [1.29, 1.82) is 0 Å². The van der Waals surface area contributed by atoms with Gasteiger partial charge in [0.25, 0.3) is 0 Å². The predicted octanol–water partition coefficient (Wildman–Crippen LogP) is 4.43. The summed E-state index contributed by atoms with van der Waals surface area (Å²) in [7, 11) is -0.587. The van der Waals surface area contributed by atoms with E-state index in [0.29, 0.717) is 6.42 Å². The number of hydrogen-bond donors (Lipinski definition) is 2. The van der Waals surface area contributed by atoms with Crippen molar-refractivity contribution < 1.29 is 23.9 Å². The van der Waals surface area contributed by atoms with Crippen LogP contribution in [0.5, 0.6) is 0 Å². The maximum Gasteiger partial charge on any atom is 0.408 e. The molecule has 188 valence electrons. The maximum atomic E-state index is 13.0. The van der Waals surface area contributed by atoms with Crippen molar-refractivity contribution in [3.05, 3.63) is 35.9 Å². The Morgan fingerprint density at radius 2 is 1.65 bits per heavy atom. The summed E-state index contributed by atoms with van der Waals surface area (Å²) in [4.78, 5) is 37.7. The lowest BCUT2D eigenvalue weighted by atomic mass is 10.0. The molecule has 0 aliphatic rings. The third kappa shape index (κ3) is 10.00. The predicted molar refractivity (Wildman–Crippen MR) is 137 cm³/mol. The molecule has 2 amide bonds. The summed E-state index contributed by atoms with van der Waals surface area (Å²) in [6.07, 6.45) is -0.176. The number of benzene rings is 1. The van der Waals surface area contributed by atoms with Crippen LogP contribution in [0.1, 0.15) is 53.0 Å². The van der Waals surface area contributed by atoms with Gasteiger partial charge in [-0.2, -0.15) is 0 Å². The van der Waals surface area contributed by atoms with Gasteiger partial charge in [-0.3, -0.25) is 4.79 Å². The summed E-state index contributed by atoms with van der Waals surface area (Å²) in [6, 6.07) is 7.49. The molecule has 0 bridgehead atoms. The van der Waals surface area contributed by atoms with E-state index in [1.54, 1.807) is 0 Å². The molecule has 0 unspecified atom stereocenters. The zero-order valence-corrected chi connectivity index (χ0v) is 22.8. The molecule has 1 rings (SSSR count). The van der Waals surface area contributed by atoms with Crippen molar-refractivity contribution in [2.75, 3.05) is 7.11 Å². The summed E-state index contributed by atoms with van der Waals surface area (Å²) in [5.74, 6) is 2.17. The Balaban J connectivity index is 2.87. The Hall–Kier alpha value is -2.79. The van der Waals surface area contributed by atoms with E-state index in [1.807, 2.05) is 44.2 Å². The van der Waals surface area contributed by atoms with Crippen LogP contribution in [0.4, 0.5) is 4.79 Å². The van der Waals surface area contributed by atoms with E-state index in [-0.39, 0.29) is 24.0 Å². The van der Waals surface area contributed by atoms with Gasteiger partial charge in [-0.05, 0) is 22.9 Å². The van der Waals surface area contributed by atoms with E-state index in [9.17, 15) is 14.4 Å². The number of carbonyl (C=O) groups excluding carboxylic acids is 3. The fourth-order valence-corrected chi connectivity index (χ4v) is 3.70. The fourth-order valence-electron chi connectivity index (χ4n) is 2.78. The first kappa shape index (κ1) is 29.2. The number of hydrogen-bond acceptors (Lipinski definition) is 5. The number of ether oxygens (including phenoxy) is 2. The lowest BCUT2D eigenvalue weighted by Crippen LogP contribution is -2.52. The summed E-state index contributed by atoms with van der Waals surface area (Å²) in [5.41, 5.74) is 4.19. The van der Waals surface area contributed by atoms with Crippen LogP contribution in [0, 0.1) is 17.4 Å². The molecule has 0 saturated heterocycles. The second-order valence-electron chi connectivity index (χ2n) is 10.4. The molecule has 0 aliphatic carbocycles. The molecule has 2 N–H and O–H groups in total. The van der Waals surface area contributed by atoms with E-state index in [1.165, 1.54) is 7.11 Å². The molecule has 0 radical (unpaired) electrons. The Morgan fingerprint density at radius 1 is 1.03 bits per heavy atom. The van der Waals surface area contributed by atoms with Crippen molar-refractivity contribution >= 4 is 26.0 Å². The standard InChI is InChI=1S/C26H40N2O5Si/c1-19(2)17-22(28-25(31)33-18-20-13-10-9-11-14-20)23(29)27-21(24(30)32-6)15-12-16-34(7,8)26(3,4)5/h9-11,13-14,19,21-22H,15,17-18H2,1-8H3,(H,27,29)(H,28,31)/t21-,22+/m1/s1. The lowest BCUT2D eigenvalue weighted by Gasteiger charge is -2.31. The van der Waals surface area contributed by atoms with Crippen LogP contribution in [-0.4, -0.2) is 45.2 Å². The summed E-state index contributed by atoms with van der Waals surface area (Å²) in [6.45, 7) is 14.8. The number of amides is 2. The molecule has 1 aromatic carbocycles. The minimum atomic E-state index is -1.86. The second kappa shape index (κ2) is 13.2. The van der Waals surface area contributed by atoms with Gasteiger partial charge in [0.05, 0.1) is 7.11 Å². The van der Waals surface area contributed by atoms with E-state index < -0.39 is 38.1 Å². The molecule has 2 atom stereocenters. The second-order valence-corrected chi connectivity index (χ2v) is 15.4. The molecule has 7 nitrogen and oxygen atoms in total. The van der Waals surface area contributed by atoms with Gasteiger partial charge >= 0.3 is 12.1 Å². The molecule has 0 aromatic heterocycles. The van der Waals surface area contributed by atoms with Gasteiger partial charge in [0.1, 0.15) is 26.8 Å². The number of carbonyl (C=O) groups is 3. The molecule has 0 saturated carbocycles. The van der Waals surface area contributed by atoms with Gasteiger partial charge in [0.2, 0.25) is 5.91 Å². The minimum absolute atomic E-state index is 0.0798. The van der Waals surface area contributed by atoms with E-state index in [2.05, 4.69) is 56.0 Å². The zero-order valence-electron chi connectivity index (χ0n) is 21.8. The zero-order chi connectivity index (χ0) is 25.9. The van der Waals surface area contributed by atoms with Crippen molar-refractivity contribution in [2.45, 2.75) is 84.3 Å². The topological polar surface area (TPSA) is 93.7 Å². The Labute approximate surface area is 205 Å². The van der Waals surface area contributed by atoms with Crippen LogP contribution in [0.25, 0.3) is 0 Å². The third-order valence-corrected chi connectivity index (χ3v) is 10.5. The Bertz CT molecular complexity index is 882. The number of alkyl carbamates (subject to hydrolysis) is 1. The van der Waals surface area contributed by atoms with E-state index >= 15 is 0 Å². The van der Waals surface area contributed by atoms with Gasteiger partial charge in [0, 0.05) is 6.42 Å². The number of esters is 1. The Morgan fingerprint density at radius 3 is 2.18 bits per heavy atom. The molecule has 34 heavy (non-hydrogen) atoms. The lowest BCUT2D eigenvalue weighted by molar-refractivity contribution is -0.145. The third-order valence-electron chi connectivity index (χ3n) is 5.91. The fraction of sp³-hybridized carbons (Fsp3) is 0.577. The van der Waals surface area contributed by atoms with Crippen molar-refractivity contribution in [3.8, 4) is 11.5 Å². The highest BCUT2D eigenvalue weighted by Gasteiger charge is 2.34. The van der Waals surface area contributed by atoms with Crippen LogP contribution in [0.3, 0.4) is 0 Å². The molecule has 0 heterocycles. The highest BCUT2D eigenvalue weighted by molar-refractivity contribution is 6.87. The first-order chi connectivity index (χ1) is 15.8. The van der Waals surface area contributed by atoms with Crippen LogP contribution in [-0.2, 0) is 25.7 Å². The highest BCUT2D eigenvalue weighted by Crippen LogP contribution is 2.35. The molecule has 0 aliphatic heterocycles. The average Bonchev–Trinajstić information content (AvgIpc) is 2.75. The number of methoxy groups -OCH3 is 1. The van der Waals surface area contributed by atoms with Gasteiger partial charge in [-0.1, -0.05) is 78.0 Å². The Kier molecular flexibility index (Phi) is 11.3. The average molecular weight is 489 g/mol. The van der Waals surface area contributed by atoms with Gasteiger partial charge in [-0.25, -0.2) is 9.59 Å². The van der Waals surface area contributed by atoms with Gasteiger partial charge in [0.15, 0.2) is 0 Å². The smallest absolute Gasteiger partial charge is 0.408 e. The van der Waals surface area contributed by atoms with E-state index in [4.69, 9.17) is 9.47 Å². The van der Waals surface area contributed by atoms with E-state index in [0.717, 1.165) is 5.56 Å². The summed E-state index contributed by atoms with van der Waals surface area (Å²) >= 11 is 0.